The standard InChI is InChI=1S/C14H16FN3O2.ClH/c1-19-14(6-8-16-9-7-14)13-17-12(18-20-13)10-4-2-3-5-11(10)15;/h2-5,16H,6-9H2,1H3;1H. The Balaban J connectivity index is 0.00000161. The predicted octanol–water partition coefficient (Wildman–Crippen LogP) is 2.52. The minimum atomic E-state index is -0.568. The van der Waals surface area contributed by atoms with Crippen LogP contribution in [-0.4, -0.2) is 30.3 Å². The highest BCUT2D eigenvalue weighted by molar-refractivity contribution is 5.85. The molecule has 5 nitrogen and oxygen atoms in total. The van der Waals surface area contributed by atoms with Gasteiger partial charge in [0.15, 0.2) is 0 Å². The van der Waals surface area contributed by atoms with Crippen LogP contribution < -0.4 is 5.32 Å². The summed E-state index contributed by atoms with van der Waals surface area (Å²) < 4.78 is 24.7. The van der Waals surface area contributed by atoms with Gasteiger partial charge < -0.3 is 14.6 Å². The van der Waals surface area contributed by atoms with Gasteiger partial charge in [-0.2, -0.15) is 4.98 Å². The molecule has 1 aromatic heterocycles. The molecule has 21 heavy (non-hydrogen) atoms. The zero-order valence-electron chi connectivity index (χ0n) is 11.6. The van der Waals surface area contributed by atoms with E-state index >= 15 is 0 Å². The molecule has 1 saturated heterocycles. The minimum Gasteiger partial charge on any atom is -0.368 e. The average molecular weight is 314 g/mol. The van der Waals surface area contributed by atoms with Crippen LogP contribution in [0.1, 0.15) is 18.7 Å². The summed E-state index contributed by atoms with van der Waals surface area (Å²) in [6.45, 7) is 1.65. The second-order valence-corrected chi connectivity index (χ2v) is 4.85. The first-order chi connectivity index (χ1) is 9.75. The van der Waals surface area contributed by atoms with Crippen molar-refractivity contribution in [2.75, 3.05) is 20.2 Å². The number of benzene rings is 1. The van der Waals surface area contributed by atoms with Crippen molar-refractivity contribution >= 4 is 12.4 Å². The third kappa shape index (κ3) is 2.92. The number of nitrogens with zero attached hydrogens (tertiary/aromatic N) is 2. The fourth-order valence-electron chi connectivity index (χ4n) is 2.50. The molecular formula is C14H17ClFN3O2. The Labute approximate surface area is 128 Å². The molecule has 0 amide bonds. The largest absolute Gasteiger partial charge is 0.368 e. The number of hydrogen-bond donors (Lipinski definition) is 1. The van der Waals surface area contributed by atoms with Gasteiger partial charge in [0.2, 0.25) is 5.82 Å². The van der Waals surface area contributed by atoms with Crippen molar-refractivity contribution < 1.29 is 13.7 Å². The normalized spacial score (nSPS) is 17.2. The Hall–Kier alpha value is -1.50. The molecule has 0 spiro atoms. The minimum absolute atomic E-state index is 0. The van der Waals surface area contributed by atoms with Gasteiger partial charge in [-0.25, -0.2) is 4.39 Å². The molecular weight excluding hydrogens is 297 g/mol. The van der Waals surface area contributed by atoms with Crippen molar-refractivity contribution in [2.45, 2.75) is 18.4 Å². The van der Waals surface area contributed by atoms with Gasteiger partial charge in [-0.3, -0.25) is 0 Å². The number of nitrogens with one attached hydrogen (secondary N) is 1. The third-order valence-corrected chi connectivity index (χ3v) is 3.73. The number of methoxy groups -OCH3 is 1. The summed E-state index contributed by atoms with van der Waals surface area (Å²) in [6, 6.07) is 6.38. The van der Waals surface area contributed by atoms with Crippen LogP contribution in [0.5, 0.6) is 0 Å². The Morgan fingerprint density at radius 3 is 2.67 bits per heavy atom. The van der Waals surface area contributed by atoms with Gasteiger partial charge in [0.05, 0.1) is 5.56 Å². The molecule has 2 heterocycles. The van der Waals surface area contributed by atoms with Crippen molar-refractivity contribution in [3.8, 4) is 11.4 Å². The number of aromatic nitrogens is 2. The molecule has 7 heteroatoms. The van der Waals surface area contributed by atoms with Gasteiger partial charge in [-0.05, 0) is 38.1 Å². The lowest BCUT2D eigenvalue weighted by atomic mass is 9.92. The summed E-state index contributed by atoms with van der Waals surface area (Å²) in [5.41, 5.74) is -0.232. The molecule has 0 saturated carbocycles. The number of ether oxygens (including phenoxy) is 1. The lowest BCUT2D eigenvalue weighted by molar-refractivity contribution is -0.0622. The molecule has 1 aliphatic heterocycles. The Morgan fingerprint density at radius 1 is 1.29 bits per heavy atom. The summed E-state index contributed by atoms with van der Waals surface area (Å²) in [5.74, 6) is 0.310. The van der Waals surface area contributed by atoms with Gasteiger partial charge in [-0.15, -0.1) is 12.4 Å². The highest BCUT2D eigenvalue weighted by Crippen LogP contribution is 2.34. The van der Waals surface area contributed by atoms with E-state index in [1.807, 2.05) is 0 Å². The molecule has 0 unspecified atom stereocenters. The first-order valence-corrected chi connectivity index (χ1v) is 6.60. The van der Waals surface area contributed by atoms with E-state index in [0.29, 0.717) is 11.5 Å². The molecule has 0 radical (unpaired) electrons. The number of hydrogen-bond acceptors (Lipinski definition) is 5. The molecule has 0 atom stereocenters. The first-order valence-electron chi connectivity index (χ1n) is 6.60. The lowest BCUT2D eigenvalue weighted by Crippen LogP contribution is -2.41. The lowest BCUT2D eigenvalue weighted by Gasteiger charge is -2.32. The number of rotatable bonds is 3. The number of piperidine rings is 1. The monoisotopic (exact) mass is 313 g/mol. The van der Waals surface area contributed by atoms with Crippen LogP contribution in [0, 0.1) is 5.82 Å². The molecule has 3 rings (SSSR count). The topological polar surface area (TPSA) is 60.2 Å². The fourth-order valence-corrected chi connectivity index (χ4v) is 2.50. The van der Waals surface area contributed by atoms with Crippen LogP contribution in [0.4, 0.5) is 4.39 Å². The SMILES string of the molecule is COC1(c2nc(-c3ccccc3F)no2)CCNCC1.Cl. The van der Waals surface area contributed by atoms with Crippen molar-refractivity contribution in [1.82, 2.24) is 15.5 Å². The highest BCUT2D eigenvalue weighted by atomic mass is 35.5. The Kier molecular flexibility index (Phi) is 4.92. The molecule has 1 N–H and O–H groups in total. The van der Waals surface area contributed by atoms with Crippen molar-refractivity contribution in [2.24, 2.45) is 0 Å². The van der Waals surface area contributed by atoms with E-state index in [1.165, 1.54) is 6.07 Å². The number of halogens is 2. The van der Waals surface area contributed by atoms with Gasteiger partial charge in [0.25, 0.3) is 5.89 Å². The Morgan fingerprint density at radius 2 is 2.00 bits per heavy atom. The molecule has 1 aromatic carbocycles. The van der Waals surface area contributed by atoms with E-state index in [2.05, 4.69) is 15.5 Å². The molecule has 0 bridgehead atoms. The summed E-state index contributed by atoms with van der Waals surface area (Å²) >= 11 is 0. The van der Waals surface area contributed by atoms with Gasteiger partial charge in [0, 0.05) is 7.11 Å². The van der Waals surface area contributed by atoms with Crippen LogP contribution in [0.2, 0.25) is 0 Å². The maximum Gasteiger partial charge on any atom is 0.259 e. The predicted molar refractivity (Wildman–Crippen MR) is 77.7 cm³/mol. The summed E-state index contributed by atoms with van der Waals surface area (Å²) in [6.07, 6.45) is 1.50. The van der Waals surface area contributed by atoms with Crippen LogP contribution in [0.15, 0.2) is 28.8 Å². The van der Waals surface area contributed by atoms with E-state index in [0.717, 1.165) is 25.9 Å². The van der Waals surface area contributed by atoms with Crippen LogP contribution in [-0.2, 0) is 10.3 Å². The van der Waals surface area contributed by atoms with Crippen LogP contribution in [0.3, 0.4) is 0 Å². The second kappa shape index (κ2) is 6.51. The Bertz CT molecular complexity index is 599. The molecule has 1 fully saturated rings. The molecule has 2 aromatic rings. The van der Waals surface area contributed by atoms with E-state index in [9.17, 15) is 4.39 Å². The second-order valence-electron chi connectivity index (χ2n) is 4.85. The summed E-state index contributed by atoms with van der Waals surface area (Å²) in [4.78, 5) is 4.34. The van der Waals surface area contributed by atoms with Gasteiger partial charge in [0.1, 0.15) is 11.4 Å². The quantitative estimate of drug-likeness (QED) is 0.943. The van der Waals surface area contributed by atoms with Crippen molar-refractivity contribution in [3.05, 3.63) is 36.0 Å². The van der Waals surface area contributed by atoms with E-state index < -0.39 is 5.60 Å². The van der Waals surface area contributed by atoms with E-state index in [-0.39, 0.29) is 24.0 Å². The van der Waals surface area contributed by atoms with Crippen LogP contribution >= 0.6 is 12.4 Å². The van der Waals surface area contributed by atoms with Gasteiger partial charge in [-0.1, -0.05) is 17.3 Å². The maximum atomic E-state index is 13.7. The maximum absolute atomic E-state index is 13.7. The van der Waals surface area contributed by atoms with E-state index in [1.54, 1.807) is 25.3 Å². The van der Waals surface area contributed by atoms with E-state index in [4.69, 9.17) is 9.26 Å². The average Bonchev–Trinajstić information content (AvgIpc) is 2.98. The molecule has 0 aliphatic carbocycles. The molecule has 1 aliphatic rings. The fraction of sp³-hybridized carbons (Fsp3) is 0.429. The van der Waals surface area contributed by atoms with Gasteiger partial charge >= 0.3 is 0 Å². The van der Waals surface area contributed by atoms with Crippen LogP contribution in [0.25, 0.3) is 11.4 Å². The van der Waals surface area contributed by atoms with Crippen molar-refractivity contribution in [3.63, 3.8) is 0 Å². The third-order valence-electron chi connectivity index (χ3n) is 3.73. The van der Waals surface area contributed by atoms with Crippen molar-refractivity contribution in [1.29, 1.82) is 0 Å². The molecule has 114 valence electrons. The first kappa shape index (κ1) is 15.9. The zero-order valence-corrected chi connectivity index (χ0v) is 12.5. The zero-order chi connectivity index (χ0) is 14.0. The summed E-state index contributed by atoms with van der Waals surface area (Å²) in [7, 11) is 1.64. The smallest absolute Gasteiger partial charge is 0.259 e. The highest BCUT2D eigenvalue weighted by Gasteiger charge is 2.39. The summed E-state index contributed by atoms with van der Waals surface area (Å²) in [5, 5.41) is 7.15.